The Kier molecular flexibility index (Phi) is 5.71. The molecule has 25 heavy (non-hydrogen) atoms. The van der Waals surface area contributed by atoms with E-state index in [0.29, 0.717) is 38.7 Å². The van der Waals surface area contributed by atoms with E-state index >= 15 is 0 Å². The molecule has 1 aliphatic rings. The molecule has 2 aromatic heterocycles. The first-order valence-corrected chi connectivity index (χ1v) is 9.07. The van der Waals surface area contributed by atoms with Crippen molar-refractivity contribution < 1.29 is 14.3 Å². The molecule has 1 saturated heterocycles. The van der Waals surface area contributed by atoms with E-state index in [4.69, 9.17) is 9.47 Å². The van der Waals surface area contributed by atoms with Crippen LogP contribution in [0.4, 0.5) is 0 Å². The van der Waals surface area contributed by atoms with Crippen molar-refractivity contribution in [3.05, 3.63) is 21.4 Å². The Morgan fingerprint density at radius 3 is 3.08 bits per heavy atom. The summed E-state index contributed by atoms with van der Waals surface area (Å²) in [6.07, 6.45) is 0.401. The lowest BCUT2D eigenvalue weighted by molar-refractivity contribution is -0.0290. The topological polar surface area (TPSA) is 95.3 Å². The molecule has 10 heteroatoms. The second kappa shape index (κ2) is 7.98. The molecule has 0 aromatic carbocycles. The van der Waals surface area contributed by atoms with Gasteiger partial charge in [-0.25, -0.2) is 9.67 Å². The molecule has 0 radical (unpaired) electrons. The van der Waals surface area contributed by atoms with Crippen molar-refractivity contribution in [1.82, 2.24) is 30.1 Å². The molecule has 0 spiro atoms. The van der Waals surface area contributed by atoms with Gasteiger partial charge in [-0.05, 0) is 23.8 Å². The number of carbonyl (C=O) groups excluding carboxylic acids is 1. The van der Waals surface area contributed by atoms with E-state index < -0.39 is 0 Å². The van der Waals surface area contributed by atoms with Gasteiger partial charge in [0.2, 0.25) is 0 Å². The molecule has 0 aliphatic carbocycles. The zero-order chi connectivity index (χ0) is 17.8. The number of methoxy groups -OCH3 is 1. The van der Waals surface area contributed by atoms with Crippen molar-refractivity contribution in [2.45, 2.75) is 32.9 Å². The fraction of sp³-hybridized carbons (Fsp3) is 0.667. The van der Waals surface area contributed by atoms with E-state index in [1.807, 2.05) is 13.8 Å². The van der Waals surface area contributed by atoms with Gasteiger partial charge in [-0.1, -0.05) is 6.92 Å². The molecule has 0 N–H and O–H groups in total. The van der Waals surface area contributed by atoms with Gasteiger partial charge in [-0.15, -0.1) is 16.4 Å². The monoisotopic (exact) mass is 366 g/mol. The van der Waals surface area contributed by atoms with Gasteiger partial charge in [-0.3, -0.25) is 4.79 Å². The van der Waals surface area contributed by atoms with Crippen LogP contribution in [-0.4, -0.2) is 69.4 Å². The average molecular weight is 366 g/mol. The number of aromatic nitrogens is 5. The Morgan fingerprint density at radius 1 is 1.48 bits per heavy atom. The van der Waals surface area contributed by atoms with E-state index in [9.17, 15) is 4.79 Å². The summed E-state index contributed by atoms with van der Waals surface area (Å²) in [6.45, 7) is 6.41. The summed E-state index contributed by atoms with van der Waals surface area (Å²) in [5.74, 6) is 0.623. The molecule has 0 bridgehead atoms. The van der Waals surface area contributed by atoms with E-state index in [2.05, 4.69) is 20.5 Å². The first kappa shape index (κ1) is 17.9. The van der Waals surface area contributed by atoms with Crippen molar-refractivity contribution in [3.63, 3.8) is 0 Å². The van der Waals surface area contributed by atoms with Crippen molar-refractivity contribution >= 4 is 17.2 Å². The summed E-state index contributed by atoms with van der Waals surface area (Å²) in [6, 6.07) is 0. The second-order valence-corrected chi connectivity index (χ2v) is 6.93. The highest BCUT2D eigenvalue weighted by atomic mass is 32.1. The highest BCUT2D eigenvalue weighted by molar-refractivity contribution is 7.13. The minimum Gasteiger partial charge on any atom is -0.383 e. The fourth-order valence-corrected chi connectivity index (χ4v) is 3.77. The van der Waals surface area contributed by atoms with Crippen LogP contribution in [0.2, 0.25) is 0 Å². The summed E-state index contributed by atoms with van der Waals surface area (Å²) in [5, 5.41) is 12.7. The Labute approximate surface area is 149 Å². The number of tetrazole rings is 1. The van der Waals surface area contributed by atoms with E-state index in [0.717, 1.165) is 22.0 Å². The van der Waals surface area contributed by atoms with Crippen LogP contribution in [0, 0.1) is 6.92 Å². The molecule has 1 fully saturated rings. The van der Waals surface area contributed by atoms with Gasteiger partial charge in [0, 0.05) is 13.7 Å². The number of aryl methyl sites for hydroxylation is 2. The van der Waals surface area contributed by atoms with Crippen LogP contribution in [0.15, 0.2) is 0 Å². The lowest BCUT2D eigenvalue weighted by Gasteiger charge is -2.32. The number of rotatable bonds is 6. The quantitative estimate of drug-likeness (QED) is 0.748. The Morgan fingerprint density at radius 2 is 2.32 bits per heavy atom. The van der Waals surface area contributed by atoms with Gasteiger partial charge in [0.25, 0.3) is 5.91 Å². The molecule has 0 saturated carbocycles. The van der Waals surface area contributed by atoms with Crippen molar-refractivity contribution in [1.29, 1.82) is 0 Å². The number of nitrogens with zero attached hydrogens (tertiary/aromatic N) is 6. The van der Waals surface area contributed by atoms with Crippen LogP contribution in [0.5, 0.6) is 0 Å². The zero-order valence-corrected chi connectivity index (χ0v) is 15.5. The normalized spacial score (nSPS) is 17.9. The first-order valence-electron chi connectivity index (χ1n) is 8.26. The summed E-state index contributed by atoms with van der Waals surface area (Å²) in [7, 11) is 1.63. The van der Waals surface area contributed by atoms with E-state index in [1.165, 1.54) is 11.3 Å². The highest BCUT2D eigenvalue weighted by Crippen LogP contribution is 2.25. The van der Waals surface area contributed by atoms with Crippen LogP contribution in [0.1, 0.15) is 39.2 Å². The molecule has 3 rings (SSSR count). The lowest BCUT2D eigenvalue weighted by Crippen LogP contribution is -2.43. The van der Waals surface area contributed by atoms with Crippen LogP contribution in [-0.2, 0) is 22.4 Å². The molecular weight excluding hydrogens is 344 g/mol. The Balaban J connectivity index is 1.75. The minimum absolute atomic E-state index is 0.00617. The number of ether oxygens (including phenoxy) is 2. The third-order valence-electron chi connectivity index (χ3n) is 4.04. The standard InChI is InChI=1S/C15H22N6O3S/c1-4-11-13(25-10(2)16-11)15(22)20-5-8-24-12(9-20)14-17-18-19-21(14)6-7-23-3/h12H,4-9H2,1-3H3/t12-/m0/s1. The number of morpholine rings is 1. The van der Waals surface area contributed by atoms with Gasteiger partial charge in [-0.2, -0.15) is 0 Å². The minimum atomic E-state index is -0.344. The number of hydrogen-bond acceptors (Lipinski definition) is 8. The van der Waals surface area contributed by atoms with Gasteiger partial charge < -0.3 is 14.4 Å². The maximum absolute atomic E-state index is 12.9. The van der Waals surface area contributed by atoms with E-state index in [1.54, 1.807) is 16.7 Å². The molecule has 0 unspecified atom stereocenters. The van der Waals surface area contributed by atoms with Gasteiger partial charge in [0.15, 0.2) is 5.82 Å². The average Bonchev–Trinajstić information content (AvgIpc) is 3.25. The van der Waals surface area contributed by atoms with Gasteiger partial charge in [0.1, 0.15) is 11.0 Å². The van der Waals surface area contributed by atoms with E-state index in [-0.39, 0.29) is 12.0 Å². The molecule has 2 aromatic rings. The van der Waals surface area contributed by atoms with Crippen LogP contribution in [0.3, 0.4) is 0 Å². The van der Waals surface area contributed by atoms with Crippen LogP contribution < -0.4 is 0 Å². The van der Waals surface area contributed by atoms with Crippen molar-refractivity contribution in [2.24, 2.45) is 0 Å². The molecule has 1 atom stereocenters. The molecule has 1 aliphatic heterocycles. The lowest BCUT2D eigenvalue weighted by atomic mass is 10.2. The third kappa shape index (κ3) is 3.86. The maximum Gasteiger partial charge on any atom is 0.266 e. The maximum atomic E-state index is 12.9. The number of hydrogen-bond donors (Lipinski definition) is 0. The number of carbonyl (C=O) groups is 1. The SMILES string of the molecule is CCc1nc(C)sc1C(=O)N1CCO[C@H](c2nnnn2CCOC)C1. The van der Waals surface area contributed by atoms with Crippen LogP contribution in [0.25, 0.3) is 0 Å². The largest absolute Gasteiger partial charge is 0.383 e. The second-order valence-electron chi connectivity index (χ2n) is 5.73. The van der Waals surface area contributed by atoms with Gasteiger partial charge in [0.05, 0.1) is 37.0 Å². The summed E-state index contributed by atoms with van der Waals surface area (Å²) >= 11 is 1.45. The third-order valence-corrected chi connectivity index (χ3v) is 5.04. The molecule has 9 nitrogen and oxygen atoms in total. The first-order chi connectivity index (χ1) is 12.1. The molecule has 3 heterocycles. The molecule has 136 valence electrons. The summed E-state index contributed by atoms with van der Waals surface area (Å²) in [5.41, 5.74) is 0.862. The summed E-state index contributed by atoms with van der Waals surface area (Å²) < 4.78 is 12.5. The predicted molar refractivity (Wildman–Crippen MR) is 90.5 cm³/mol. The number of amides is 1. The summed E-state index contributed by atoms with van der Waals surface area (Å²) in [4.78, 5) is 19.9. The molecule has 1 amide bonds. The Hall–Kier alpha value is -1.91. The Bertz CT molecular complexity index is 731. The predicted octanol–water partition coefficient (Wildman–Crippen LogP) is 0.861. The number of thiazole rings is 1. The fourth-order valence-electron chi connectivity index (χ4n) is 2.79. The van der Waals surface area contributed by atoms with Gasteiger partial charge >= 0.3 is 0 Å². The zero-order valence-electron chi connectivity index (χ0n) is 14.6. The highest BCUT2D eigenvalue weighted by Gasteiger charge is 2.31. The van der Waals surface area contributed by atoms with Crippen LogP contribution >= 0.6 is 11.3 Å². The molecular formula is C15H22N6O3S. The van der Waals surface area contributed by atoms with Crippen molar-refractivity contribution in [3.8, 4) is 0 Å². The smallest absolute Gasteiger partial charge is 0.266 e. The van der Waals surface area contributed by atoms with Crippen molar-refractivity contribution in [2.75, 3.05) is 33.4 Å².